The summed E-state index contributed by atoms with van der Waals surface area (Å²) in [5, 5.41) is 12.1. The Morgan fingerprint density at radius 1 is 1.00 bits per heavy atom. The molecule has 4 rings (SSSR count). The maximum Gasteiger partial charge on any atom is 0.255 e. The highest BCUT2D eigenvalue weighted by Crippen LogP contribution is 2.31. The van der Waals surface area contributed by atoms with Crippen molar-refractivity contribution in [1.82, 2.24) is 0 Å². The molecule has 33 heavy (non-hydrogen) atoms. The van der Waals surface area contributed by atoms with Gasteiger partial charge in [-0.1, -0.05) is 18.2 Å². The van der Waals surface area contributed by atoms with Gasteiger partial charge in [-0.2, -0.15) is 0 Å². The van der Waals surface area contributed by atoms with Crippen molar-refractivity contribution in [2.45, 2.75) is 32.2 Å². The molecular weight excluding hydrogens is 416 g/mol. The molecule has 1 aliphatic heterocycles. The van der Waals surface area contributed by atoms with Gasteiger partial charge in [-0.3, -0.25) is 14.6 Å². The SMILES string of the molecule is COc1ccc2c(c1)C(CC(=O)c1ccc(C(=O)Nc3ccc(O)cc3)cc1)=NC(C)(C)C2. The molecule has 3 aromatic carbocycles. The van der Waals surface area contributed by atoms with Gasteiger partial charge in [0, 0.05) is 22.4 Å². The van der Waals surface area contributed by atoms with Gasteiger partial charge in [0.15, 0.2) is 5.78 Å². The Hall–Kier alpha value is -3.93. The summed E-state index contributed by atoms with van der Waals surface area (Å²) in [5.74, 6) is 0.505. The number of anilines is 1. The van der Waals surface area contributed by atoms with E-state index in [4.69, 9.17) is 9.73 Å². The van der Waals surface area contributed by atoms with Crippen LogP contribution in [0.25, 0.3) is 0 Å². The number of aromatic hydroxyl groups is 1. The fourth-order valence-corrected chi connectivity index (χ4v) is 3.98. The number of amides is 1. The molecule has 2 N–H and O–H groups in total. The Kier molecular flexibility index (Phi) is 6.01. The van der Waals surface area contributed by atoms with Crippen LogP contribution in [0.3, 0.4) is 0 Å². The topological polar surface area (TPSA) is 88.0 Å². The molecule has 1 amide bonds. The van der Waals surface area contributed by atoms with Gasteiger partial charge in [-0.15, -0.1) is 0 Å². The summed E-state index contributed by atoms with van der Waals surface area (Å²) in [6, 6.07) is 18.7. The van der Waals surface area contributed by atoms with Crippen molar-refractivity contribution >= 4 is 23.1 Å². The number of benzene rings is 3. The number of carbonyl (C=O) groups is 2. The minimum Gasteiger partial charge on any atom is -0.508 e. The lowest BCUT2D eigenvalue weighted by Gasteiger charge is -2.29. The van der Waals surface area contributed by atoms with Crippen molar-refractivity contribution in [2.24, 2.45) is 4.99 Å². The summed E-state index contributed by atoms with van der Waals surface area (Å²) >= 11 is 0. The first-order valence-corrected chi connectivity index (χ1v) is 10.7. The molecule has 0 radical (unpaired) electrons. The second kappa shape index (κ2) is 8.90. The van der Waals surface area contributed by atoms with Crippen molar-refractivity contribution in [3.8, 4) is 11.5 Å². The first-order valence-electron chi connectivity index (χ1n) is 10.7. The summed E-state index contributed by atoms with van der Waals surface area (Å²) in [4.78, 5) is 30.4. The van der Waals surface area contributed by atoms with E-state index < -0.39 is 0 Å². The molecular formula is C27H26N2O4. The van der Waals surface area contributed by atoms with Gasteiger partial charge in [0.25, 0.3) is 5.91 Å². The highest BCUT2D eigenvalue weighted by Gasteiger charge is 2.28. The lowest BCUT2D eigenvalue weighted by atomic mass is 9.85. The zero-order valence-corrected chi connectivity index (χ0v) is 18.9. The van der Waals surface area contributed by atoms with Crippen molar-refractivity contribution in [3.05, 3.63) is 89.0 Å². The van der Waals surface area contributed by atoms with Gasteiger partial charge in [0.05, 0.1) is 24.8 Å². The molecule has 0 bridgehead atoms. The maximum absolute atomic E-state index is 13.1. The molecule has 3 aromatic rings. The Labute approximate surface area is 193 Å². The van der Waals surface area contributed by atoms with E-state index in [-0.39, 0.29) is 29.4 Å². The Balaban J connectivity index is 1.50. The first kappa shape index (κ1) is 22.3. The normalized spacial score (nSPS) is 14.1. The summed E-state index contributed by atoms with van der Waals surface area (Å²) in [7, 11) is 1.62. The van der Waals surface area contributed by atoms with Gasteiger partial charge >= 0.3 is 0 Å². The van der Waals surface area contributed by atoms with E-state index >= 15 is 0 Å². The summed E-state index contributed by atoms with van der Waals surface area (Å²) in [6.07, 6.45) is 0.970. The minimum absolute atomic E-state index is 0.0642. The fourth-order valence-electron chi connectivity index (χ4n) is 3.98. The zero-order valence-electron chi connectivity index (χ0n) is 18.9. The second-order valence-electron chi connectivity index (χ2n) is 8.75. The Bertz CT molecular complexity index is 1230. The number of ketones is 1. The lowest BCUT2D eigenvalue weighted by Crippen LogP contribution is -2.30. The molecule has 0 aliphatic carbocycles. The number of nitrogens with one attached hydrogen (secondary N) is 1. The number of methoxy groups -OCH3 is 1. The Morgan fingerprint density at radius 3 is 2.33 bits per heavy atom. The van der Waals surface area contributed by atoms with Crippen LogP contribution in [0.15, 0.2) is 71.7 Å². The average Bonchev–Trinajstić information content (AvgIpc) is 2.79. The molecule has 6 heteroatoms. The molecule has 168 valence electrons. The number of fused-ring (bicyclic) bond motifs is 1. The molecule has 0 aromatic heterocycles. The number of hydrogen-bond acceptors (Lipinski definition) is 5. The number of Topliss-reactive ketones (excluding diaryl/α,β-unsaturated/α-hetero) is 1. The van der Waals surface area contributed by atoms with Crippen molar-refractivity contribution in [2.75, 3.05) is 12.4 Å². The van der Waals surface area contributed by atoms with Crippen LogP contribution in [0.4, 0.5) is 5.69 Å². The van der Waals surface area contributed by atoms with Crippen LogP contribution >= 0.6 is 0 Å². The number of rotatable bonds is 6. The van der Waals surface area contributed by atoms with Crippen molar-refractivity contribution in [1.29, 1.82) is 0 Å². The van der Waals surface area contributed by atoms with Gasteiger partial charge in [0.2, 0.25) is 0 Å². The van der Waals surface area contributed by atoms with E-state index in [2.05, 4.69) is 19.2 Å². The van der Waals surface area contributed by atoms with E-state index in [0.29, 0.717) is 16.8 Å². The molecule has 0 unspecified atom stereocenters. The monoisotopic (exact) mass is 442 g/mol. The van der Waals surface area contributed by atoms with Gasteiger partial charge < -0.3 is 15.2 Å². The fraction of sp³-hybridized carbons (Fsp3) is 0.222. The molecule has 0 saturated heterocycles. The zero-order chi connectivity index (χ0) is 23.6. The van der Waals surface area contributed by atoms with E-state index in [1.54, 1.807) is 43.5 Å². The maximum atomic E-state index is 13.1. The highest BCUT2D eigenvalue weighted by atomic mass is 16.5. The molecule has 0 saturated carbocycles. The quantitative estimate of drug-likeness (QED) is 0.413. The number of aliphatic imine (C=N–C) groups is 1. The average molecular weight is 443 g/mol. The van der Waals surface area contributed by atoms with Crippen LogP contribution in [0.1, 0.15) is 52.1 Å². The van der Waals surface area contributed by atoms with Crippen LogP contribution < -0.4 is 10.1 Å². The third kappa shape index (κ3) is 5.12. The van der Waals surface area contributed by atoms with Crippen LogP contribution in [0.5, 0.6) is 11.5 Å². The number of phenolic OH excluding ortho intramolecular Hbond substituents is 1. The van der Waals surface area contributed by atoms with E-state index in [0.717, 1.165) is 29.0 Å². The van der Waals surface area contributed by atoms with Crippen LogP contribution in [-0.2, 0) is 6.42 Å². The van der Waals surface area contributed by atoms with Crippen molar-refractivity contribution in [3.63, 3.8) is 0 Å². The number of hydrogen-bond donors (Lipinski definition) is 2. The first-order chi connectivity index (χ1) is 15.7. The number of nitrogens with zero attached hydrogens (tertiary/aromatic N) is 1. The molecule has 1 aliphatic rings. The van der Waals surface area contributed by atoms with Gasteiger partial charge in [-0.05, 0) is 74.4 Å². The largest absolute Gasteiger partial charge is 0.508 e. The number of carbonyl (C=O) groups excluding carboxylic acids is 2. The summed E-state index contributed by atoms with van der Waals surface area (Å²) in [6.45, 7) is 4.12. The Morgan fingerprint density at radius 2 is 1.67 bits per heavy atom. The number of ether oxygens (including phenoxy) is 1. The van der Waals surface area contributed by atoms with E-state index in [1.807, 2.05) is 18.2 Å². The molecule has 1 heterocycles. The number of phenols is 1. The van der Waals surface area contributed by atoms with Crippen LogP contribution in [0.2, 0.25) is 0 Å². The smallest absolute Gasteiger partial charge is 0.255 e. The van der Waals surface area contributed by atoms with Crippen molar-refractivity contribution < 1.29 is 19.4 Å². The van der Waals surface area contributed by atoms with Gasteiger partial charge in [0.1, 0.15) is 11.5 Å². The third-order valence-electron chi connectivity index (χ3n) is 5.61. The van der Waals surface area contributed by atoms with E-state index in [1.165, 1.54) is 12.1 Å². The molecule has 0 atom stereocenters. The molecule has 0 spiro atoms. The predicted octanol–water partition coefficient (Wildman–Crippen LogP) is 5.05. The highest BCUT2D eigenvalue weighted by molar-refractivity contribution is 6.17. The van der Waals surface area contributed by atoms with Crippen LogP contribution in [-0.4, -0.2) is 35.2 Å². The summed E-state index contributed by atoms with van der Waals surface area (Å²) < 4.78 is 5.36. The third-order valence-corrected chi connectivity index (χ3v) is 5.61. The lowest BCUT2D eigenvalue weighted by molar-refractivity contribution is 0.0995. The molecule has 0 fully saturated rings. The van der Waals surface area contributed by atoms with E-state index in [9.17, 15) is 14.7 Å². The van der Waals surface area contributed by atoms with Crippen LogP contribution in [0, 0.1) is 0 Å². The second-order valence-corrected chi connectivity index (χ2v) is 8.75. The summed E-state index contributed by atoms with van der Waals surface area (Å²) in [5.41, 5.74) is 4.10. The minimum atomic E-state index is -0.292. The molecule has 6 nitrogen and oxygen atoms in total. The standard InChI is InChI=1S/C27H26N2O4/c1-27(2)16-19-8-13-22(33-3)14-23(19)24(29-27)15-25(31)17-4-6-18(7-5-17)26(32)28-20-9-11-21(30)12-10-20/h4-14,30H,15-16H2,1-3H3,(H,28,32). The van der Waals surface area contributed by atoms with Gasteiger partial charge in [-0.25, -0.2) is 0 Å². The predicted molar refractivity (Wildman–Crippen MR) is 129 cm³/mol.